The molecule has 0 bridgehead atoms. The molecule has 0 aliphatic rings. The number of hydrogen-bond donors (Lipinski definition) is 2. The minimum atomic E-state index is -0.818. The number of imide groups is 1. The number of nitrogens with zero attached hydrogens (tertiary/aromatic N) is 2. The van der Waals surface area contributed by atoms with E-state index in [-0.39, 0.29) is 13.0 Å². The third kappa shape index (κ3) is 8.51. The van der Waals surface area contributed by atoms with Gasteiger partial charge in [0.2, 0.25) is 6.41 Å². The summed E-state index contributed by atoms with van der Waals surface area (Å²) in [6.45, 7) is 6.95. The van der Waals surface area contributed by atoms with E-state index >= 15 is 0 Å². The lowest BCUT2D eigenvalue weighted by Crippen LogP contribution is -2.51. The van der Waals surface area contributed by atoms with Crippen molar-refractivity contribution in [2.24, 2.45) is 5.92 Å². The number of hydrazine groups is 1. The van der Waals surface area contributed by atoms with Crippen molar-refractivity contribution in [3.8, 4) is 0 Å². The van der Waals surface area contributed by atoms with Crippen LogP contribution in [-0.2, 0) is 14.3 Å². The van der Waals surface area contributed by atoms with Gasteiger partial charge in [0.25, 0.3) is 5.91 Å². The molecular formula is C15H29N3O5. The highest BCUT2D eigenvalue weighted by atomic mass is 16.6. The van der Waals surface area contributed by atoms with Gasteiger partial charge in [0.15, 0.2) is 0 Å². The second-order valence-corrected chi connectivity index (χ2v) is 6.30. The van der Waals surface area contributed by atoms with Gasteiger partial charge in [0, 0.05) is 7.05 Å². The van der Waals surface area contributed by atoms with Crippen LogP contribution in [-0.4, -0.2) is 52.9 Å². The average Bonchev–Trinajstić information content (AvgIpc) is 2.44. The van der Waals surface area contributed by atoms with Crippen LogP contribution in [0.15, 0.2) is 0 Å². The molecule has 1 atom stereocenters. The molecule has 134 valence electrons. The van der Waals surface area contributed by atoms with E-state index in [0.717, 1.165) is 24.3 Å². The zero-order valence-electron chi connectivity index (χ0n) is 14.7. The zero-order valence-corrected chi connectivity index (χ0v) is 14.7. The molecule has 8 nitrogen and oxygen atoms in total. The van der Waals surface area contributed by atoms with Crippen LogP contribution in [0.1, 0.15) is 53.4 Å². The molecule has 0 aromatic carbocycles. The maximum Gasteiger partial charge on any atom is 0.432 e. The summed E-state index contributed by atoms with van der Waals surface area (Å²) in [5, 5.41) is 10.6. The molecule has 0 fully saturated rings. The van der Waals surface area contributed by atoms with Gasteiger partial charge in [-0.2, -0.15) is 5.01 Å². The highest BCUT2D eigenvalue weighted by Gasteiger charge is 2.32. The van der Waals surface area contributed by atoms with Crippen molar-refractivity contribution in [1.29, 1.82) is 0 Å². The highest BCUT2D eigenvalue weighted by molar-refractivity contribution is 5.93. The minimum Gasteiger partial charge on any atom is -0.442 e. The zero-order chi connectivity index (χ0) is 18.0. The Bertz CT molecular complexity index is 395. The first-order chi connectivity index (χ1) is 10.7. The average molecular weight is 331 g/mol. The fourth-order valence-electron chi connectivity index (χ4n) is 1.98. The van der Waals surface area contributed by atoms with Crippen molar-refractivity contribution < 1.29 is 24.3 Å². The first-order valence-corrected chi connectivity index (χ1v) is 7.81. The number of carbonyl (C=O) groups is 3. The van der Waals surface area contributed by atoms with Gasteiger partial charge in [0.05, 0.1) is 12.5 Å². The van der Waals surface area contributed by atoms with Crippen molar-refractivity contribution in [1.82, 2.24) is 15.5 Å². The van der Waals surface area contributed by atoms with Gasteiger partial charge < -0.3 is 4.74 Å². The Balaban J connectivity index is 5.03. The van der Waals surface area contributed by atoms with E-state index in [1.54, 1.807) is 20.8 Å². The Morgan fingerprint density at radius 1 is 1.30 bits per heavy atom. The number of amides is 3. The van der Waals surface area contributed by atoms with Gasteiger partial charge in [-0.25, -0.2) is 15.3 Å². The van der Waals surface area contributed by atoms with Gasteiger partial charge in [-0.05, 0) is 27.2 Å². The lowest BCUT2D eigenvalue weighted by Gasteiger charge is -2.28. The van der Waals surface area contributed by atoms with Crippen LogP contribution in [0.4, 0.5) is 4.79 Å². The lowest BCUT2D eigenvalue weighted by molar-refractivity contribution is -0.157. The summed E-state index contributed by atoms with van der Waals surface area (Å²) in [6.07, 6.45) is 2.52. The monoisotopic (exact) mass is 331 g/mol. The first kappa shape index (κ1) is 21.3. The van der Waals surface area contributed by atoms with Crippen molar-refractivity contribution in [3.05, 3.63) is 0 Å². The third-order valence-corrected chi connectivity index (χ3v) is 3.05. The molecule has 0 aliphatic carbocycles. The number of carbonyl (C=O) groups excluding carboxylic acids is 3. The van der Waals surface area contributed by atoms with E-state index in [1.165, 1.54) is 7.05 Å². The standard InChI is InChI=1S/C15H29N3O5/c1-6-7-8-9-12(10-17(22)11-19)13(20)18(16-5)14(21)23-15(2,3)4/h11-12,16,22H,6-10H2,1-5H3. The molecule has 23 heavy (non-hydrogen) atoms. The largest absolute Gasteiger partial charge is 0.442 e. The smallest absolute Gasteiger partial charge is 0.432 e. The van der Waals surface area contributed by atoms with Crippen molar-refractivity contribution in [2.75, 3.05) is 13.6 Å². The number of unbranched alkanes of at least 4 members (excludes halogenated alkanes) is 2. The minimum absolute atomic E-state index is 0.174. The molecule has 1 unspecified atom stereocenters. The highest BCUT2D eigenvalue weighted by Crippen LogP contribution is 2.16. The van der Waals surface area contributed by atoms with Gasteiger partial charge >= 0.3 is 6.09 Å². The SMILES string of the molecule is CCCCCC(CN(O)C=O)C(=O)N(NC)C(=O)OC(C)(C)C. The van der Waals surface area contributed by atoms with Gasteiger partial charge in [0.1, 0.15) is 5.60 Å². The summed E-state index contributed by atoms with van der Waals surface area (Å²) in [6, 6.07) is 0. The Morgan fingerprint density at radius 2 is 1.91 bits per heavy atom. The van der Waals surface area contributed by atoms with Crippen LogP contribution in [0.3, 0.4) is 0 Å². The lowest BCUT2D eigenvalue weighted by atomic mass is 10.00. The van der Waals surface area contributed by atoms with Crippen LogP contribution in [0.5, 0.6) is 0 Å². The second-order valence-electron chi connectivity index (χ2n) is 6.30. The first-order valence-electron chi connectivity index (χ1n) is 7.81. The molecule has 8 heteroatoms. The maximum absolute atomic E-state index is 12.6. The molecule has 0 saturated carbocycles. The van der Waals surface area contributed by atoms with E-state index in [2.05, 4.69) is 5.43 Å². The van der Waals surface area contributed by atoms with Crippen molar-refractivity contribution in [2.45, 2.75) is 59.0 Å². The molecule has 0 aromatic rings. The van der Waals surface area contributed by atoms with Crippen LogP contribution in [0.2, 0.25) is 0 Å². The Morgan fingerprint density at radius 3 is 2.35 bits per heavy atom. The molecule has 0 aromatic heterocycles. The maximum atomic E-state index is 12.6. The fraction of sp³-hybridized carbons (Fsp3) is 0.800. The Hall–Kier alpha value is -1.67. The summed E-state index contributed by atoms with van der Waals surface area (Å²) in [4.78, 5) is 35.2. The van der Waals surface area contributed by atoms with Crippen LogP contribution in [0, 0.1) is 5.92 Å². The molecule has 0 heterocycles. The molecule has 0 rings (SSSR count). The predicted molar refractivity (Wildman–Crippen MR) is 84.3 cm³/mol. The topological polar surface area (TPSA) is 99.2 Å². The molecule has 3 amide bonds. The van der Waals surface area contributed by atoms with E-state index in [9.17, 15) is 19.6 Å². The number of hydroxylamine groups is 2. The van der Waals surface area contributed by atoms with Crippen molar-refractivity contribution >= 4 is 18.4 Å². The van der Waals surface area contributed by atoms with E-state index in [1.807, 2.05) is 6.92 Å². The van der Waals surface area contributed by atoms with Crippen LogP contribution in [0.25, 0.3) is 0 Å². The second kappa shape index (κ2) is 10.2. The van der Waals surface area contributed by atoms with E-state index in [4.69, 9.17) is 4.74 Å². The number of hydrogen-bond acceptors (Lipinski definition) is 6. The van der Waals surface area contributed by atoms with E-state index in [0.29, 0.717) is 11.5 Å². The summed E-state index contributed by atoms with van der Waals surface area (Å²) < 4.78 is 5.18. The molecular weight excluding hydrogens is 302 g/mol. The van der Waals surface area contributed by atoms with Crippen molar-refractivity contribution in [3.63, 3.8) is 0 Å². The molecule has 0 aliphatic heterocycles. The normalized spacial score (nSPS) is 12.4. The molecule has 2 N–H and O–H groups in total. The fourth-order valence-corrected chi connectivity index (χ4v) is 1.98. The summed E-state index contributed by atoms with van der Waals surface area (Å²) >= 11 is 0. The van der Waals surface area contributed by atoms with Crippen LogP contribution < -0.4 is 5.43 Å². The number of ether oxygens (including phenoxy) is 1. The molecule has 0 radical (unpaired) electrons. The van der Waals surface area contributed by atoms with E-state index < -0.39 is 23.5 Å². The Kier molecular flexibility index (Phi) is 9.43. The summed E-state index contributed by atoms with van der Waals surface area (Å²) in [5.41, 5.74) is 1.77. The van der Waals surface area contributed by atoms with Gasteiger partial charge in [-0.1, -0.05) is 26.2 Å². The number of rotatable bonds is 9. The van der Waals surface area contributed by atoms with Gasteiger partial charge in [-0.15, -0.1) is 0 Å². The summed E-state index contributed by atoms with van der Waals surface area (Å²) in [5.74, 6) is -1.24. The molecule has 0 saturated heterocycles. The Labute approximate surface area is 137 Å². The number of nitrogens with one attached hydrogen (secondary N) is 1. The summed E-state index contributed by atoms with van der Waals surface area (Å²) in [7, 11) is 1.43. The predicted octanol–water partition coefficient (Wildman–Crippen LogP) is 1.93. The van der Waals surface area contributed by atoms with Gasteiger partial charge in [-0.3, -0.25) is 14.8 Å². The van der Waals surface area contributed by atoms with Crippen LogP contribution >= 0.6 is 0 Å². The quantitative estimate of drug-likeness (QED) is 0.290. The third-order valence-electron chi connectivity index (χ3n) is 3.05. The molecule has 0 spiro atoms.